The van der Waals surface area contributed by atoms with E-state index in [0.717, 1.165) is 18.5 Å². The smallest absolute Gasteiger partial charge is 0.0912 e. The van der Waals surface area contributed by atoms with Crippen LogP contribution in [0.3, 0.4) is 0 Å². The van der Waals surface area contributed by atoms with Crippen LogP contribution >= 0.6 is 0 Å². The van der Waals surface area contributed by atoms with Crippen LogP contribution in [0.1, 0.15) is 11.1 Å². The van der Waals surface area contributed by atoms with Gasteiger partial charge in [-0.05, 0) is 35.8 Å². The number of hydrogen-bond acceptors (Lipinski definition) is 2. The molecule has 2 rings (SSSR count). The van der Waals surface area contributed by atoms with E-state index >= 15 is 0 Å². The maximum Gasteiger partial charge on any atom is 0.0912 e. The van der Waals surface area contributed by atoms with Crippen LogP contribution in [-0.2, 0) is 6.42 Å². The third kappa shape index (κ3) is 1.49. The fourth-order valence-corrected chi connectivity index (χ4v) is 1.82. The van der Waals surface area contributed by atoms with Gasteiger partial charge in [0.05, 0.1) is 6.07 Å². The lowest BCUT2D eigenvalue weighted by Gasteiger charge is -2.11. The highest BCUT2D eigenvalue weighted by atomic mass is 15.1. The number of allylic oxidation sites excluding steroid dienone is 1. The average Bonchev–Trinajstić information content (AvgIpc) is 2.57. The highest BCUT2D eigenvalue weighted by molar-refractivity contribution is 5.63. The van der Waals surface area contributed by atoms with Gasteiger partial charge in [0.2, 0.25) is 0 Å². The Morgan fingerprint density at radius 2 is 2.36 bits per heavy atom. The lowest BCUT2D eigenvalue weighted by atomic mass is 10.1. The molecule has 0 N–H and O–H groups in total. The molecule has 2 heteroatoms. The molecule has 14 heavy (non-hydrogen) atoms. The van der Waals surface area contributed by atoms with Gasteiger partial charge in [-0.25, -0.2) is 0 Å². The van der Waals surface area contributed by atoms with E-state index in [0.29, 0.717) is 0 Å². The first-order valence-corrected chi connectivity index (χ1v) is 4.71. The normalized spacial score (nSPS) is 14.4. The molecule has 0 aliphatic carbocycles. The summed E-state index contributed by atoms with van der Waals surface area (Å²) in [5.41, 5.74) is 3.81. The van der Waals surface area contributed by atoms with E-state index in [1.807, 2.05) is 12.1 Å². The Balaban J connectivity index is 2.33. The van der Waals surface area contributed by atoms with Crippen molar-refractivity contribution in [3.05, 3.63) is 35.4 Å². The molecular formula is C12H12N2. The minimum absolute atomic E-state index is 1.10. The van der Waals surface area contributed by atoms with Crippen LogP contribution in [0.5, 0.6) is 0 Å². The zero-order valence-electron chi connectivity index (χ0n) is 8.20. The van der Waals surface area contributed by atoms with Crippen molar-refractivity contribution in [1.29, 1.82) is 5.26 Å². The van der Waals surface area contributed by atoms with E-state index in [1.165, 1.54) is 17.3 Å². The van der Waals surface area contributed by atoms with E-state index < -0.39 is 0 Å². The maximum atomic E-state index is 8.42. The number of anilines is 1. The minimum Gasteiger partial charge on any atom is -0.374 e. The summed E-state index contributed by atoms with van der Waals surface area (Å²) < 4.78 is 0. The van der Waals surface area contributed by atoms with Crippen LogP contribution < -0.4 is 4.90 Å². The molecule has 1 aromatic rings. The van der Waals surface area contributed by atoms with Crippen LogP contribution in [-0.4, -0.2) is 13.6 Å². The van der Waals surface area contributed by atoms with Gasteiger partial charge in [-0.15, -0.1) is 0 Å². The van der Waals surface area contributed by atoms with Gasteiger partial charge in [0.25, 0.3) is 0 Å². The highest BCUT2D eigenvalue weighted by Crippen LogP contribution is 2.27. The van der Waals surface area contributed by atoms with Gasteiger partial charge in [-0.2, -0.15) is 5.26 Å². The summed E-state index contributed by atoms with van der Waals surface area (Å²) in [5, 5.41) is 8.42. The zero-order valence-corrected chi connectivity index (χ0v) is 8.20. The maximum absolute atomic E-state index is 8.42. The topological polar surface area (TPSA) is 27.0 Å². The van der Waals surface area contributed by atoms with Gasteiger partial charge in [0.1, 0.15) is 0 Å². The zero-order chi connectivity index (χ0) is 9.97. The quantitative estimate of drug-likeness (QED) is 0.626. The molecule has 2 nitrogen and oxygen atoms in total. The number of fused-ring (bicyclic) bond motifs is 1. The Morgan fingerprint density at radius 1 is 1.50 bits per heavy atom. The molecule has 1 aromatic carbocycles. The van der Waals surface area contributed by atoms with Crippen molar-refractivity contribution in [2.45, 2.75) is 6.42 Å². The Hall–Kier alpha value is -1.75. The van der Waals surface area contributed by atoms with E-state index in [4.69, 9.17) is 5.26 Å². The van der Waals surface area contributed by atoms with Gasteiger partial charge in [-0.1, -0.05) is 6.07 Å². The molecule has 0 atom stereocenters. The summed E-state index contributed by atoms with van der Waals surface area (Å²) >= 11 is 0. The van der Waals surface area contributed by atoms with Crippen LogP contribution in [0.25, 0.3) is 6.08 Å². The number of benzene rings is 1. The van der Waals surface area contributed by atoms with Crippen molar-refractivity contribution in [3.63, 3.8) is 0 Å². The standard InChI is InChI=1S/C12H12N2/c1-14-8-6-11-9-10(3-2-7-13)4-5-12(11)14/h2-5,9H,6,8H2,1H3. The molecule has 0 aromatic heterocycles. The molecule has 0 fully saturated rings. The number of nitrogens with zero attached hydrogens (tertiary/aromatic N) is 2. The SMILES string of the molecule is CN1CCc2cc(C=CC#N)ccc21. The second-order valence-electron chi connectivity index (χ2n) is 3.52. The highest BCUT2D eigenvalue weighted by Gasteiger charge is 2.14. The third-order valence-corrected chi connectivity index (χ3v) is 2.58. The van der Waals surface area contributed by atoms with Crippen LogP contribution in [0.15, 0.2) is 24.3 Å². The van der Waals surface area contributed by atoms with Crippen molar-refractivity contribution >= 4 is 11.8 Å². The Morgan fingerprint density at radius 3 is 3.14 bits per heavy atom. The Labute approximate surface area is 84.1 Å². The fraction of sp³-hybridized carbons (Fsp3) is 0.250. The summed E-state index contributed by atoms with van der Waals surface area (Å²) in [6.45, 7) is 1.10. The molecule has 0 amide bonds. The first-order valence-electron chi connectivity index (χ1n) is 4.71. The van der Waals surface area contributed by atoms with Crippen molar-refractivity contribution < 1.29 is 0 Å². The average molecular weight is 184 g/mol. The molecule has 0 saturated carbocycles. The summed E-state index contributed by atoms with van der Waals surface area (Å²) in [7, 11) is 2.11. The fourth-order valence-electron chi connectivity index (χ4n) is 1.82. The van der Waals surface area contributed by atoms with Crippen molar-refractivity contribution in [2.24, 2.45) is 0 Å². The largest absolute Gasteiger partial charge is 0.374 e. The second kappa shape index (κ2) is 3.55. The lowest BCUT2D eigenvalue weighted by molar-refractivity contribution is 0.956. The van der Waals surface area contributed by atoms with E-state index in [9.17, 15) is 0 Å². The first kappa shape index (κ1) is 8.83. The molecule has 0 unspecified atom stereocenters. The molecule has 0 radical (unpaired) electrons. The molecule has 1 aliphatic heterocycles. The van der Waals surface area contributed by atoms with Crippen molar-refractivity contribution in [3.8, 4) is 6.07 Å². The number of rotatable bonds is 1. The molecular weight excluding hydrogens is 172 g/mol. The minimum atomic E-state index is 1.10. The van der Waals surface area contributed by atoms with Gasteiger partial charge in [0, 0.05) is 25.4 Å². The van der Waals surface area contributed by atoms with Gasteiger partial charge in [-0.3, -0.25) is 0 Å². The second-order valence-corrected chi connectivity index (χ2v) is 3.52. The van der Waals surface area contributed by atoms with E-state index in [1.54, 1.807) is 0 Å². The molecule has 0 bridgehead atoms. The van der Waals surface area contributed by atoms with E-state index in [-0.39, 0.29) is 0 Å². The predicted octanol–water partition coefficient (Wildman–Crippen LogP) is 2.22. The summed E-state index contributed by atoms with van der Waals surface area (Å²) in [5.74, 6) is 0. The first-order chi connectivity index (χ1) is 6.81. The van der Waals surface area contributed by atoms with E-state index in [2.05, 4.69) is 30.1 Å². The number of hydrogen-bond donors (Lipinski definition) is 0. The third-order valence-electron chi connectivity index (χ3n) is 2.58. The van der Waals surface area contributed by atoms with Crippen LogP contribution in [0, 0.1) is 11.3 Å². The monoisotopic (exact) mass is 184 g/mol. The van der Waals surface area contributed by atoms with Crippen LogP contribution in [0.4, 0.5) is 5.69 Å². The number of likely N-dealkylation sites (N-methyl/N-ethyl adjacent to an activating group) is 1. The van der Waals surface area contributed by atoms with Crippen LogP contribution in [0.2, 0.25) is 0 Å². The summed E-state index contributed by atoms with van der Waals surface area (Å²) in [6, 6.07) is 8.34. The molecule has 0 saturated heterocycles. The lowest BCUT2D eigenvalue weighted by Crippen LogP contribution is -2.12. The molecule has 70 valence electrons. The van der Waals surface area contributed by atoms with Crippen molar-refractivity contribution in [2.75, 3.05) is 18.5 Å². The summed E-state index contributed by atoms with van der Waals surface area (Å²) in [4.78, 5) is 2.26. The predicted molar refractivity (Wildman–Crippen MR) is 58.1 cm³/mol. The Kier molecular flexibility index (Phi) is 2.24. The van der Waals surface area contributed by atoms with Gasteiger partial charge in [0.15, 0.2) is 0 Å². The summed E-state index contributed by atoms with van der Waals surface area (Å²) in [6.07, 6.45) is 4.47. The van der Waals surface area contributed by atoms with Gasteiger partial charge < -0.3 is 4.90 Å². The molecule has 0 spiro atoms. The molecule has 1 heterocycles. The Bertz CT molecular complexity index is 413. The van der Waals surface area contributed by atoms with Crippen molar-refractivity contribution in [1.82, 2.24) is 0 Å². The molecule has 1 aliphatic rings. The van der Waals surface area contributed by atoms with Gasteiger partial charge >= 0.3 is 0 Å². The number of nitriles is 1.